The molecule has 108 valence electrons. The molecule has 0 aliphatic rings. The first kappa shape index (κ1) is 14.7. The van der Waals surface area contributed by atoms with Crippen molar-refractivity contribution in [2.24, 2.45) is 7.05 Å². The summed E-state index contributed by atoms with van der Waals surface area (Å²) in [4.78, 5) is 34.0. The van der Waals surface area contributed by atoms with E-state index in [2.05, 4.69) is 10.4 Å². The third kappa shape index (κ3) is 3.26. The van der Waals surface area contributed by atoms with Gasteiger partial charge in [-0.05, 0) is 24.3 Å². The van der Waals surface area contributed by atoms with Crippen molar-refractivity contribution in [1.29, 1.82) is 0 Å². The van der Waals surface area contributed by atoms with E-state index >= 15 is 0 Å². The van der Waals surface area contributed by atoms with Crippen LogP contribution >= 0.6 is 11.6 Å². The second-order valence-electron chi connectivity index (χ2n) is 4.13. The van der Waals surface area contributed by atoms with Crippen LogP contribution in [0.25, 0.3) is 0 Å². The molecular formula is C13H10ClN3O4. The van der Waals surface area contributed by atoms with Crippen molar-refractivity contribution in [2.45, 2.75) is 0 Å². The SMILES string of the molecule is Cn1nc(C(=O)Nc2ccc(C(=O)O)cc2Cl)ccc1=O. The van der Waals surface area contributed by atoms with Crippen molar-refractivity contribution >= 4 is 29.2 Å². The Morgan fingerprint density at radius 2 is 2.00 bits per heavy atom. The van der Waals surface area contributed by atoms with E-state index < -0.39 is 11.9 Å². The number of carboxylic acid groups (broad SMARTS) is 1. The Labute approximate surface area is 123 Å². The Balaban J connectivity index is 2.25. The molecule has 0 saturated carbocycles. The number of hydrogen-bond acceptors (Lipinski definition) is 4. The first-order valence-corrected chi connectivity index (χ1v) is 6.15. The summed E-state index contributed by atoms with van der Waals surface area (Å²) >= 11 is 5.91. The van der Waals surface area contributed by atoms with Gasteiger partial charge in [-0.25, -0.2) is 9.48 Å². The van der Waals surface area contributed by atoms with Gasteiger partial charge in [-0.3, -0.25) is 9.59 Å². The molecule has 2 rings (SSSR count). The van der Waals surface area contributed by atoms with Crippen LogP contribution in [-0.4, -0.2) is 26.8 Å². The number of halogens is 1. The smallest absolute Gasteiger partial charge is 0.335 e. The van der Waals surface area contributed by atoms with Crippen LogP contribution in [0.4, 0.5) is 5.69 Å². The molecule has 0 unspecified atom stereocenters. The van der Waals surface area contributed by atoms with E-state index in [1.807, 2.05) is 0 Å². The van der Waals surface area contributed by atoms with Crippen molar-refractivity contribution in [1.82, 2.24) is 9.78 Å². The number of amides is 1. The monoisotopic (exact) mass is 307 g/mol. The van der Waals surface area contributed by atoms with E-state index in [0.717, 1.165) is 4.68 Å². The minimum Gasteiger partial charge on any atom is -0.478 e. The summed E-state index contributed by atoms with van der Waals surface area (Å²) in [6.07, 6.45) is 0. The number of anilines is 1. The number of hydrogen-bond donors (Lipinski definition) is 2. The molecule has 1 aromatic carbocycles. The summed E-state index contributed by atoms with van der Waals surface area (Å²) in [5, 5.41) is 15.2. The van der Waals surface area contributed by atoms with Crippen LogP contribution < -0.4 is 10.9 Å². The fourth-order valence-electron chi connectivity index (χ4n) is 1.56. The number of nitrogens with zero attached hydrogens (tertiary/aromatic N) is 2. The van der Waals surface area contributed by atoms with E-state index in [0.29, 0.717) is 0 Å². The van der Waals surface area contributed by atoms with E-state index in [9.17, 15) is 14.4 Å². The van der Waals surface area contributed by atoms with Gasteiger partial charge < -0.3 is 10.4 Å². The first-order valence-electron chi connectivity index (χ1n) is 5.77. The zero-order valence-electron chi connectivity index (χ0n) is 10.8. The van der Waals surface area contributed by atoms with Gasteiger partial charge in [0.15, 0.2) is 0 Å². The van der Waals surface area contributed by atoms with Crippen LogP contribution in [0.15, 0.2) is 35.1 Å². The third-order valence-electron chi connectivity index (χ3n) is 2.66. The van der Waals surface area contributed by atoms with E-state index in [4.69, 9.17) is 16.7 Å². The van der Waals surface area contributed by atoms with Gasteiger partial charge in [-0.1, -0.05) is 11.6 Å². The van der Waals surface area contributed by atoms with Crippen molar-refractivity contribution in [3.05, 3.63) is 57.0 Å². The molecule has 0 radical (unpaired) electrons. The first-order chi connectivity index (χ1) is 9.88. The lowest BCUT2D eigenvalue weighted by molar-refractivity contribution is 0.0696. The quantitative estimate of drug-likeness (QED) is 0.892. The second kappa shape index (κ2) is 5.76. The largest absolute Gasteiger partial charge is 0.478 e. The summed E-state index contributed by atoms with van der Waals surface area (Å²) in [5.74, 6) is -1.68. The van der Waals surface area contributed by atoms with Gasteiger partial charge in [0.05, 0.1) is 16.3 Å². The number of carboxylic acids is 1. The highest BCUT2D eigenvalue weighted by molar-refractivity contribution is 6.34. The van der Waals surface area contributed by atoms with Gasteiger partial charge in [-0.15, -0.1) is 0 Å². The summed E-state index contributed by atoms with van der Waals surface area (Å²) in [5.41, 5.74) is -0.0357. The molecule has 8 heteroatoms. The summed E-state index contributed by atoms with van der Waals surface area (Å²) < 4.78 is 1.03. The van der Waals surface area contributed by atoms with Crippen LogP contribution in [0, 0.1) is 0 Å². The van der Waals surface area contributed by atoms with Crippen molar-refractivity contribution in [3.63, 3.8) is 0 Å². The molecule has 2 aromatic rings. The number of aromatic carboxylic acids is 1. The highest BCUT2D eigenvalue weighted by atomic mass is 35.5. The maximum atomic E-state index is 12.0. The van der Waals surface area contributed by atoms with Gasteiger partial charge in [0.1, 0.15) is 5.69 Å². The molecule has 1 aromatic heterocycles. The van der Waals surface area contributed by atoms with Crippen LogP contribution in [0.2, 0.25) is 5.02 Å². The molecule has 1 amide bonds. The molecule has 7 nitrogen and oxygen atoms in total. The summed E-state index contributed by atoms with van der Waals surface area (Å²) in [6.45, 7) is 0. The van der Waals surface area contributed by atoms with E-state index in [-0.39, 0.29) is 27.5 Å². The van der Waals surface area contributed by atoms with Crippen LogP contribution in [0.3, 0.4) is 0 Å². The molecule has 0 saturated heterocycles. The molecule has 0 fully saturated rings. The minimum atomic E-state index is -1.12. The van der Waals surface area contributed by atoms with Crippen LogP contribution in [0.1, 0.15) is 20.8 Å². The fourth-order valence-corrected chi connectivity index (χ4v) is 1.79. The minimum absolute atomic E-state index is 0.0123. The van der Waals surface area contributed by atoms with Crippen molar-refractivity contribution in [3.8, 4) is 0 Å². The molecule has 0 atom stereocenters. The highest BCUT2D eigenvalue weighted by Crippen LogP contribution is 2.23. The van der Waals surface area contributed by atoms with E-state index in [1.54, 1.807) is 0 Å². The molecule has 0 bridgehead atoms. The zero-order valence-corrected chi connectivity index (χ0v) is 11.6. The van der Waals surface area contributed by atoms with Crippen molar-refractivity contribution in [2.75, 3.05) is 5.32 Å². The predicted octanol–water partition coefficient (Wildman–Crippen LogP) is 1.38. The van der Waals surface area contributed by atoms with Gasteiger partial charge in [-0.2, -0.15) is 5.10 Å². The highest BCUT2D eigenvalue weighted by Gasteiger charge is 2.12. The van der Waals surface area contributed by atoms with Gasteiger partial charge >= 0.3 is 5.97 Å². The maximum absolute atomic E-state index is 12.0. The number of aromatic nitrogens is 2. The Hall–Kier alpha value is -2.67. The normalized spacial score (nSPS) is 10.2. The Morgan fingerprint density at radius 1 is 1.29 bits per heavy atom. The van der Waals surface area contributed by atoms with Crippen molar-refractivity contribution < 1.29 is 14.7 Å². The number of rotatable bonds is 3. The number of carbonyl (C=O) groups is 2. The Kier molecular flexibility index (Phi) is 4.04. The summed E-state index contributed by atoms with van der Waals surface area (Å²) in [6, 6.07) is 6.44. The number of nitrogens with one attached hydrogen (secondary N) is 1. The lowest BCUT2D eigenvalue weighted by Crippen LogP contribution is -2.23. The average Bonchev–Trinajstić information content (AvgIpc) is 2.43. The Bertz CT molecular complexity index is 785. The molecule has 0 aliphatic carbocycles. The molecule has 21 heavy (non-hydrogen) atoms. The van der Waals surface area contributed by atoms with Gasteiger partial charge in [0, 0.05) is 13.1 Å². The lowest BCUT2D eigenvalue weighted by Gasteiger charge is -2.08. The topological polar surface area (TPSA) is 101 Å². The number of aryl methyl sites for hydroxylation is 1. The second-order valence-corrected chi connectivity index (χ2v) is 4.54. The van der Waals surface area contributed by atoms with Gasteiger partial charge in [0.2, 0.25) is 0 Å². The van der Waals surface area contributed by atoms with Gasteiger partial charge in [0.25, 0.3) is 11.5 Å². The molecule has 1 heterocycles. The maximum Gasteiger partial charge on any atom is 0.335 e. The third-order valence-corrected chi connectivity index (χ3v) is 2.97. The lowest BCUT2D eigenvalue weighted by atomic mass is 10.2. The fraction of sp³-hybridized carbons (Fsp3) is 0.0769. The number of carbonyl (C=O) groups excluding carboxylic acids is 1. The average molecular weight is 308 g/mol. The zero-order chi connectivity index (χ0) is 15.6. The van der Waals surface area contributed by atoms with E-state index in [1.165, 1.54) is 37.4 Å². The summed E-state index contributed by atoms with van der Waals surface area (Å²) in [7, 11) is 1.42. The van der Waals surface area contributed by atoms with Crippen LogP contribution in [0.5, 0.6) is 0 Å². The number of benzene rings is 1. The molecule has 0 aliphatic heterocycles. The van der Waals surface area contributed by atoms with Crippen LogP contribution in [-0.2, 0) is 7.05 Å². The molecular weight excluding hydrogens is 298 g/mol. The standard InChI is InChI=1S/C13H10ClN3O4/c1-17-11(18)5-4-10(16-17)12(19)15-9-3-2-7(13(20)21)6-8(9)14/h2-6H,1H3,(H,15,19)(H,20,21). The predicted molar refractivity (Wildman–Crippen MR) is 75.8 cm³/mol. The molecule has 2 N–H and O–H groups in total. The molecule has 0 spiro atoms. The Morgan fingerprint density at radius 3 is 2.57 bits per heavy atom.